The number of aryl methyl sites for hydroxylation is 1. The summed E-state index contributed by atoms with van der Waals surface area (Å²) in [6.45, 7) is 8.09. The van der Waals surface area contributed by atoms with Crippen molar-refractivity contribution in [2.24, 2.45) is 0 Å². The van der Waals surface area contributed by atoms with Gasteiger partial charge in [-0.1, -0.05) is 42.5 Å². The third-order valence-electron chi connectivity index (χ3n) is 4.86. The molecule has 1 amide bonds. The first-order chi connectivity index (χ1) is 14.2. The van der Waals surface area contributed by atoms with Crippen LogP contribution in [0.2, 0.25) is 0 Å². The van der Waals surface area contributed by atoms with Gasteiger partial charge < -0.3 is 10.4 Å². The third kappa shape index (κ3) is 4.76. The first-order valence-electron chi connectivity index (χ1n) is 9.94. The van der Waals surface area contributed by atoms with Crippen LogP contribution in [-0.4, -0.2) is 26.8 Å². The van der Waals surface area contributed by atoms with E-state index in [1.807, 2.05) is 54.1 Å². The van der Waals surface area contributed by atoms with E-state index >= 15 is 0 Å². The van der Waals surface area contributed by atoms with E-state index in [1.165, 1.54) is 0 Å². The van der Waals surface area contributed by atoms with Crippen LogP contribution in [0.25, 0.3) is 11.3 Å². The Morgan fingerprint density at radius 3 is 2.23 bits per heavy atom. The molecule has 0 aliphatic rings. The van der Waals surface area contributed by atoms with Crippen molar-refractivity contribution in [2.75, 3.05) is 5.32 Å². The number of nitrogens with zero attached hydrogens (tertiary/aromatic N) is 2. The smallest absolute Gasteiger partial charge is 0.303 e. The van der Waals surface area contributed by atoms with Gasteiger partial charge in [0.2, 0.25) is 0 Å². The Morgan fingerprint density at radius 1 is 1.03 bits per heavy atom. The highest BCUT2D eigenvalue weighted by atomic mass is 16.4. The Morgan fingerprint density at radius 2 is 1.67 bits per heavy atom. The van der Waals surface area contributed by atoms with E-state index in [0.29, 0.717) is 17.8 Å². The van der Waals surface area contributed by atoms with Crippen molar-refractivity contribution in [2.45, 2.75) is 46.1 Å². The van der Waals surface area contributed by atoms with Crippen molar-refractivity contribution < 1.29 is 14.7 Å². The van der Waals surface area contributed by atoms with Gasteiger partial charge in [0, 0.05) is 23.2 Å². The lowest BCUT2D eigenvalue weighted by atomic mass is 10.0. The molecule has 2 aromatic carbocycles. The van der Waals surface area contributed by atoms with E-state index in [0.717, 1.165) is 22.4 Å². The maximum atomic E-state index is 13.0. The number of anilines is 1. The zero-order valence-electron chi connectivity index (χ0n) is 17.8. The van der Waals surface area contributed by atoms with E-state index in [1.54, 1.807) is 12.1 Å². The van der Waals surface area contributed by atoms with Gasteiger partial charge in [0.05, 0.1) is 11.2 Å². The topological polar surface area (TPSA) is 84.2 Å². The highest BCUT2D eigenvalue weighted by Gasteiger charge is 2.26. The predicted molar refractivity (Wildman–Crippen MR) is 118 cm³/mol. The normalized spacial score (nSPS) is 11.3. The van der Waals surface area contributed by atoms with E-state index in [4.69, 9.17) is 5.11 Å². The van der Waals surface area contributed by atoms with Gasteiger partial charge in [-0.2, -0.15) is 5.10 Å². The fraction of sp³-hybridized carbons (Fsp3) is 0.292. The summed E-state index contributed by atoms with van der Waals surface area (Å²) < 4.78 is 1.90. The van der Waals surface area contributed by atoms with Crippen LogP contribution >= 0.6 is 0 Å². The zero-order valence-corrected chi connectivity index (χ0v) is 17.8. The second-order valence-electron chi connectivity index (χ2n) is 8.32. The minimum absolute atomic E-state index is 0.0808. The first kappa shape index (κ1) is 21.3. The molecule has 0 aliphatic carbocycles. The van der Waals surface area contributed by atoms with Crippen LogP contribution in [0, 0.1) is 6.92 Å². The molecule has 0 saturated heterocycles. The summed E-state index contributed by atoms with van der Waals surface area (Å²) in [6.07, 6.45) is 0.538. The summed E-state index contributed by atoms with van der Waals surface area (Å²) in [5, 5.41) is 16.4. The fourth-order valence-electron chi connectivity index (χ4n) is 3.33. The largest absolute Gasteiger partial charge is 0.481 e. The quantitative estimate of drug-likeness (QED) is 0.612. The molecule has 0 bridgehead atoms. The number of hydrogen-bond acceptors (Lipinski definition) is 3. The Balaban J connectivity index is 1.88. The number of aliphatic carboxylic acids is 1. The molecule has 156 valence electrons. The van der Waals surface area contributed by atoms with Gasteiger partial charge in [-0.25, -0.2) is 0 Å². The number of aromatic nitrogens is 2. The Kier molecular flexibility index (Phi) is 6.06. The van der Waals surface area contributed by atoms with E-state index in [9.17, 15) is 9.59 Å². The van der Waals surface area contributed by atoms with Gasteiger partial charge in [0.1, 0.15) is 0 Å². The summed E-state index contributed by atoms with van der Waals surface area (Å²) in [5.41, 5.74) is 4.42. The number of carbonyl (C=O) groups is 2. The minimum atomic E-state index is -0.827. The number of benzene rings is 2. The first-order valence-corrected chi connectivity index (χ1v) is 9.94. The molecule has 0 fully saturated rings. The number of amides is 1. The number of carboxylic acids is 1. The minimum Gasteiger partial charge on any atom is -0.481 e. The third-order valence-corrected chi connectivity index (χ3v) is 4.86. The molecule has 6 heteroatoms. The highest BCUT2D eigenvalue weighted by Crippen LogP contribution is 2.31. The van der Waals surface area contributed by atoms with Crippen molar-refractivity contribution in [3.05, 3.63) is 71.4 Å². The Bertz CT molecular complexity index is 1050. The number of carboxylic acid groups (broad SMARTS) is 1. The van der Waals surface area contributed by atoms with Crippen molar-refractivity contribution >= 4 is 17.6 Å². The molecule has 0 radical (unpaired) electrons. The summed E-state index contributed by atoms with van der Waals surface area (Å²) >= 11 is 0. The molecule has 30 heavy (non-hydrogen) atoms. The van der Waals surface area contributed by atoms with Gasteiger partial charge in [0.15, 0.2) is 5.69 Å². The van der Waals surface area contributed by atoms with Crippen LogP contribution < -0.4 is 5.32 Å². The summed E-state index contributed by atoms with van der Waals surface area (Å²) in [7, 11) is 0. The molecular formula is C24H27N3O3. The summed E-state index contributed by atoms with van der Waals surface area (Å²) in [6, 6.07) is 17.2. The lowest BCUT2D eigenvalue weighted by Crippen LogP contribution is -2.25. The van der Waals surface area contributed by atoms with Crippen LogP contribution in [0.1, 0.15) is 48.8 Å². The number of hydrogen-bond donors (Lipinski definition) is 2. The molecular weight excluding hydrogens is 378 g/mol. The molecule has 3 rings (SSSR count). The monoisotopic (exact) mass is 405 g/mol. The fourth-order valence-corrected chi connectivity index (χ4v) is 3.33. The zero-order chi connectivity index (χ0) is 21.9. The van der Waals surface area contributed by atoms with E-state index < -0.39 is 5.97 Å². The van der Waals surface area contributed by atoms with E-state index in [2.05, 4.69) is 31.2 Å². The Labute approximate surface area is 176 Å². The van der Waals surface area contributed by atoms with Gasteiger partial charge in [0.25, 0.3) is 5.91 Å². The summed E-state index contributed by atoms with van der Waals surface area (Å²) in [5.74, 6) is -1.10. The van der Waals surface area contributed by atoms with Crippen molar-refractivity contribution in [3.8, 4) is 11.3 Å². The maximum Gasteiger partial charge on any atom is 0.303 e. The average Bonchev–Trinajstić information content (AvgIpc) is 3.06. The molecule has 0 aliphatic heterocycles. The van der Waals surface area contributed by atoms with Crippen molar-refractivity contribution in [1.82, 2.24) is 9.78 Å². The van der Waals surface area contributed by atoms with Gasteiger partial charge in [-0.15, -0.1) is 0 Å². The number of carbonyl (C=O) groups excluding carboxylic acids is 1. The average molecular weight is 405 g/mol. The van der Waals surface area contributed by atoms with Crippen molar-refractivity contribution in [1.29, 1.82) is 0 Å². The van der Waals surface area contributed by atoms with Gasteiger partial charge in [-0.05, 0) is 51.8 Å². The molecule has 0 unspecified atom stereocenters. The van der Waals surface area contributed by atoms with Crippen LogP contribution in [0.3, 0.4) is 0 Å². The molecule has 6 nitrogen and oxygen atoms in total. The number of rotatable bonds is 6. The maximum absolute atomic E-state index is 13.0. The second-order valence-corrected chi connectivity index (χ2v) is 8.32. The van der Waals surface area contributed by atoms with Crippen LogP contribution in [0.15, 0.2) is 54.6 Å². The van der Waals surface area contributed by atoms with Gasteiger partial charge >= 0.3 is 5.97 Å². The van der Waals surface area contributed by atoms with Gasteiger partial charge in [-0.3, -0.25) is 14.3 Å². The molecule has 0 spiro atoms. The lowest BCUT2D eigenvalue weighted by molar-refractivity contribution is -0.136. The summed E-state index contributed by atoms with van der Waals surface area (Å²) in [4.78, 5) is 23.7. The predicted octanol–water partition coefficient (Wildman–Crippen LogP) is 4.88. The molecule has 3 aromatic rings. The van der Waals surface area contributed by atoms with Crippen LogP contribution in [0.5, 0.6) is 0 Å². The van der Waals surface area contributed by atoms with Crippen LogP contribution in [-0.2, 0) is 16.8 Å². The molecule has 1 heterocycles. The SMILES string of the molecule is Cc1c(C(=O)Nc2ccc(CCC(=O)O)cc2)nn(C(C)(C)C)c1-c1ccccc1. The standard InChI is InChI=1S/C24H27N3O3/c1-16-21(23(30)25-19-13-10-17(11-14-19)12-15-20(28)29)26-27(24(2,3)4)22(16)18-8-6-5-7-9-18/h5-11,13-14H,12,15H2,1-4H3,(H,25,30)(H,28,29). The molecule has 0 atom stereocenters. The van der Waals surface area contributed by atoms with E-state index in [-0.39, 0.29) is 17.9 Å². The molecule has 2 N–H and O–H groups in total. The number of nitrogens with one attached hydrogen (secondary N) is 1. The lowest BCUT2D eigenvalue weighted by Gasteiger charge is -2.22. The van der Waals surface area contributed by atoms with Crippen LogP contribution in [0.4, 0.5) is 5.69 Å². The van der Waals surface area contributed by atoms with Crippen molar-refractivity contribution in [3.63, 3.8) is 0 Å². The molecule has 1 aromatic heterocycles. The Hall–Kier alpha value is -3.41. The second kappa shape index (κ2) is 8.53. The highest BCUT2D eigenvalue weighted by molar-refractivity contribution is 6.04. The molecule has 0 saturated carbocycles.